The van der Waals surface area contributed by atoms with Crippen LogP contribution in [-0.2, 0) is 0 Å². The maximum Gasteiger partial charge on any atom is 0.145 e. The lowest BCUT2D eigenvalue weighted by molar-refractivity contribution is 0.415. The van der Waals surface area contributed by atoms with E-state index in [1.165, 1.54) is 6.20 Å². The van der Waals surface area contributed by atoms with Gasteiger partial charge in [0, 0.05) is 5.39 Å². The highest BCUT2D eigenvalue weighted by Gasteiger charge is 2.04. The van der Waals surface area contributed by atoms with Crippen LogP contribution in [0.2, 0.25) is 0 Å². The molecule has 0 saturated heterocycles. The summed E-state index contributed by atoms with van der Waals surface area (Å²) in [6.07, 6.45) is 1.24. The molecule has 0 radical (unpaired) electrons. The molecule has 0 amide bonds. The summed E-state index contributed by atoms with van der Waals surface area (Å²) in [5, 5.41) is 0.796. The van der Waals surface area contributed by atoms with Crippen molar-refractivity contribution in [1.82, 2.24) is 4.98 Å². The fraction of sp³-hybridized carbons (Fsp3) is 0.182. The molecule has 0 fully saturated rings. The van der Waals surface area contributed by atoms with E-state index in [1.807, 2.05) is 12.1 Å². The zero-order valence-corrected chi connectivity index (χ0v) is 8.04. The molecule has 2 rings (SSSR count). The first-order valence-corrected chi connectivity index (χ1v) is 4.31. The van der Waals surface area contributed by atoms with Crippen molar-refractivity contribution in [3.63, 3.8) is 0 Å². The molecule has 0 N–H and O–H groups in total. The Morgan fingerprint density at radius 3 is 2.86 bits per heavy atom. The van der Waals surface area contributed by atoms with E-state index in [0.29, 0.717) is 11.3 Å². The van der Waals surface area contributed by atoms with Gasteiger partial charge in [-0.1, -0.05) is 0 Å². The SMILES string of the molecule is COc1ccc2ncc(F)c(C)c2c1. The van der Waals surface area contributed by atoms with Gasteiger partial charge in [-0.25, -0.2) is 4.39 Å². The largest absolute Gasteiger partial charge is 0.497 e. The Balaban J connectivity index is 2.78. The predicted molar refractivity (Wildman–Crippen MR) is 53.0 cm³/mol. The standard InChI is InChI=1S/C11H10FNO/c1-7-9-5-8(14-2)3-4-11(9)13-6-10(7)12/h3-6H,1-2H3. The minimum absolute atomic E-state index is 0.286. The first-order chi connectivity index (χ1) is 6.72. The maximum atomic E-state index is 13.2. The van der Waals surface area contributed by atoms with Crippen LogP contribution in [0.3, 0.4) is 0 Å². The number of benzene rings is 1. The van der Waals surface area contributed by atoms with Crippen molar-refractivity contribution in [3.05, 3.63) is 35.8 Å². The summed E-state index contributed by atoms with van der Waals surface area (Å²) in [6.45, 7) is 1.73. The zero-order chi connectivity index (χ0) is 10.1. The molecule has 0 bridgehead atoms. The van der Waals surface area contributed by atoms with Crippen molar-refractivity contribution in [1.29, 1.82) is 0 Å². The second kappa shape index (κ2) is 3.25. The fourth-order valence-electron chi connectivity index (χ4n) is 1.41. The van der Waals surface area contributed by atoms with Gasteiger partial charge in [0.1, 0.15) is 11.6 Å². The maximum absolute atomic E-state index is 13.2. The van der Waals surface area contributed by atoms with Crippen molar-refractivity contribution in [2.24, 2.45) is 0 Å². The number of aromatic nitrogens is 1. The Kier molecular flexibility index (Phi) is 2.08. The molecule has 0 spiro atoms. The summed E-state index contributed by atoms with van der Waals surface area (Å²) < 4.78 is 18.2. The van der Waals surface area contributed by atoms with Gasteiger partial charge in [0.05, 0.1) is 18.8 Å². The van der Waals surface area contributed by atoms with Crippen LogP contribution < -0.4 is 4.74 Å². The Morgan fingerprint density at radius 1 is 1.36 bits per heavy atom. The molecule has 0 unspecified atom stereocenters. The predicted octanol–water partition coefficient (Wildman–Crippen LogP) is 2.69. The fourth-order valence-corrected chi connectivity index (χ4v) is 1.41. The van der Waals surface area contributed by atoms with Crippen LogP contribution in [0.15, 0.2) is 24.4 Å². The average Bonchev–Trinajstić information content (AvgIpc) is 2.23. The van der Waals surface area contributed by atoms with Crippen molar-refractivity contribution in [2.75, 3.05) is 7.11 Å². The summed E-state index contributed by atoms with van der Waals surface area (Å²) in [5.74, 6) is 0.429. The topological polar surface area (TPSA) is 22.1 Å². The van der Waals surface area contributed by atoms with E-state index >= 15 is 0 Å². The van der Waals surface area contributed by atoms with Gasteiger partial charge in [-0.15, -0.1) is 0 Å². The Hall–Kier alpha value is -1.64. The number of halogens is 1. The van der Waals surface area contributed by atoms with E-state index in [4.69, 9.17) is 4.74 Å². The van der Waals surface area contributed by atoms with E-state index in [0.717, 1.165) is 10.9 Å². The molecule has 1 heterocycles. The third-order valence-electron chi connectivity index (χ3n) is 2.28. The molecule has 1 aromatic carbocycles. The van der Waals surface area contributed by atoms with Gasteiger partial charge in [-0.2, -0.15) is 0 Å². The van der Waals surface area contributed by atoms with Crippen LogP contribution in [0.1, 0.15) is 5.56 Å². The van der Waals surface area contributed by atoms with Gasteiger partial charge < -0.3 is 4.74 Å². The summed E-state index contributed by atoms with van der Waals surface area (Å²) in [6, 6.07) is 5.42. The van der Waals surface area contributed by atoms with Crippen molar-refractivity contribution in [3.8, 4) is 5.75 Å². The van der Waals surface area contributed by atoms with Gasteiger partial charge in [-0.3, -0.25) is 4.98 Å². The number of methoxy groups -OCH3 is 1. The molecule has 14 heavy (non-hydrogen) atoms. The Labute approximate surface area is 81.3 Å². The Morgan fingerprint density at radius 2 is 2.14 bits per heavy atom. The average molecular weight is 191 g/mol. The number of hydrogen-bond donors (Lipinski definition) is 0. The molecule has 0 atom stereocenters. The number of pyridine rings is 1. The van der Waals surface area contributed by atoms with Crippen molar-refractivity contribution in [2.45, 2.75) is 6.92 Å². The summed E-state index contributed by atoms with van der Waals surface area (Å²) in [7, 11) is 1.59. The van der Waals surface area contributed by atoms with Crippen molar-refractivity contribution >= 4 is 10.9 Å². The molecular formula is C11H10FNO. The summed E-state index contributed by atoms with van der Waals surface area (Å²) in [4.78, 5) is 3.99. The molecule has 2 aromatic rings. The molecule has 0 aliphatic rings. The van der Waals surface area contributed by atoms with E-state index in [1.54, 1.807) is 20.1 Å². The normalized spacial score (nSPS) is 10.5. The van der Waals surface area contributed by atoms with E-state index in [9.17, 15) is 4.39 Å². The first-order valence-electron chi connectivity index (χ1n) is 4.31. The van der Waals surface area contributed by atoms with Gasteiger partial charge in [0.25, 0.3) is 0 Å². The molecule has 0 aliphatic carbocycles. The van der Waals surface area contributed by atoms with Gasteiger partial charge in [0.2, 0.25) is 0 Å². The zero-order valence-electron chi connectivity index (χ0n) is 8.04. The number of fused-ring (bicyclic) bond motifs is 1. The number of rotatable bonds is 1. The highest BCUT2D eigenvalue weighted by Crippen LogP contribution is 2.23. The van der Waals surface area contributed by atoms with E-state index < -0.39 is 0 Å². The van der Waals surface area contributed by atoms with Gasteiger partial charge in [0.15, 0.2) is 0 Å². The van der Waals surface area contributed by atoms with Crippen LogP contribution in [-0.4, -0.2) is 12.1 Å². The lowest BCUT2D eigenvalue weighted by atomic mass is 10.1. The highest BCUT2D eigenvalue weighted by atomic mass is 19.1. The lowest BCUT2D eigenvalue weighted by Gasteiger charge is -2.04. The van der Waals surface area contributed by atoms with Crippen LogP contribution in [0.4, 0.5) is 4.39 Å². The van der Waals surface area contributed by atoms with Crippen LogP contribution in [0, 0.1) is 12.7 Å². The van der Waals surface area contributed by atoms with Crippen LogP contribution in [0.25, 0.3) is 10.9 Å². The molecule has 72 valence electrons. The number of ether oxygens (including phenoxy) is 1. The molecule has 1 aromatic heterocycles. The third kappa shape index (κ3) is 1.31. The molecular weight excluding hydrogens is 181 g/mol. The first kappa shape index (κ1) is 8.94. The Bertz CT molecular complexity index is 482. The van der Waals surface area contributed by atoms with E-state index in [2.05, 4.69) is 4.98 Å². The van der Waals surface area contributed by atoms with Gasteiger partial charge >= 0.3 is 0 Å². The molecule has 3 heteroatoms. The smallest absolute Gasteiger partial charge is 0.145 e. The highest BCUT2D eigenvalue weighted by molar-refractivity contribution is 5.83. The quantitative estimate of drug-likeness (QED) is 0.691. The number of hydrogen-bond acceptors (Lipinski definition) is 2. The monoisotopic (exact) mass is 191 g/mol. The second-order valence-electron chi connectivity index (χ2n) is 3.11. The molecule has 0 aliphatic heterocycles. The van der Waals surface area contributed by atoms with Crippen molar-refractivity contribution < 1.29 is 9.13 Å². The number of aryl methyl sites for hydroxylation is 1. The third-order valence-corrected chi connectivity index (χ3v) is 2.28. The van der Waals surface area contributed by atoms with E-state index in [-0.39, 0.29) is 5.82 Å². The van der Waals surface area contributed by atoms with Crippen LogP contribution >= 0.6 is 0 Å². The lowest BCUT2D eigenvalue weighted by Crippen LogP contribution is -1.89. The molecule has 0 saturated carbocycles. The van der Waals surface area contributed by atoms with Gasteiger partial charge in [-0.05, 0) is 30.7 Å². The summed E-state index contributed by atoms with van der Waals surface area (Å²) >= 11 is 0. The number of nitrogens with zero attached hydrogens (tertiary/aromatic N) is 1. The minimum Gasteiger partial charge on any atom is -0.497 e. The second-order valence-corrected chi connectivity index (χ2v) is 3.11. The van der Waals surface area contributed by atoms with Crippen LogP contribution in [0.5, 0.6) is 5.75 Å². The summed E-state index contributed by atoms with van der Waals surface area (Å²) in [5.41, 5.74) is 1.39. The molecule has 2 nitrogen and oxygen atoms in total. The minimum atomic E-state index is -0.286.